The number of allylic oxidation sites excluding steroid dienone is 3. The average molecular weight is 232 g/mol. The molecule has 2 aliphatic carbocycles. The van der Waals surface area contributed by atoms with E-state index in [4.69, 9.17) is 4.74 Å². The van der Waals surface area contributed by atoms with Crippen molar-refractivity contribution < 1.29 is 4.74 Å². The molecule has 3 nitrogen and oxygen atoms in total. The molecule has 1 aromatic heterocycles. The maximum absolute atomic E-state index is 5.22. The lowest BCUT2D eigenvalue weighted by Gasteiger charge is -2.16. The van der Waals surface area contributed by atoms with E-state index in [0.29, 0.717) is 5.92 Å². The molecule has 1 saturated carbocycles. The Morgan fingerprint density at radius 2 is 2.24 bits per heavy atom. The molecule has 3 heteroatoms. The maximum atomic E-state index is 5.22. The van der Waals surface area contributed by atoms with E-state index >= 15 is 0 Å². The molecular formula is C14H20N2O. The normalized spacial score (nSPS) is 28.7. The van der Waals surface area contributed by atoms with E-state index in [1.165, 1.54) is 5.56 Å². The van der Waals surface area contributed by atoms with Crippen LogP contribution < -0.4 is 0 Å². The molecule has 2 aliphatic rings. The summed E-state index contributed by atoms with van der Waals surface area (Å²) in [6, 6.07) is 0. The van der Waals surface area contributed by atoms with Gasteiger partial charge in [0.1, 0.15) is 5.76 Å². The Morgan fingerprint density at radius 1 is 1.47 bits per heavy atom. The first kappa shape index (κ1) is 12.0. The number of hydrogen-bond donors (Lipinski definition) is 0. The van der Waals surface area contributed by atoms with Crippen LogP contribution in [0.15, 0.2) is 36.4 Å². The Labute approximate surface area is 103 Å². The van der Waals surface area contributed by atoms with Crippen molar-refractivity contribution in [3.8, 4) is 0 Å². The number of nitrogens with zero attached hydrogens (tertiary/aromatic N) is 2. The van der Waals surface area contributed by atoms with Gasteiger partial charge in [0.2, 0.25) is 0 Å². The van der Waals surface area contributed by atoms with Crippen LogP contribution in [0.1, 0.15) is 25.8 Å². The fraction of sp³-hybridized carbons (Fsp3) is 0.500. The van der Waals surface area contributed by atoms with E-state index in [0.717, 1.165) is 12.2 Å². The zero-order valence-electron chi connectivity index (χ0n) is 11.0. The van der Waals surface area contributed by atoms with Crippen molar-refractivity contribution in [3.05, 3.63) is 41.9 Å². The molecule has 17 heavy (non-hydrogen) atoms. The van der Waals surface area contributed by atoms with Gasteiger partial charge in [-0.1, -0.05) is 19.9 Å². The lowest BCUT2D eigenvalue weighted by Crippen LogP contribution is -2.19. The molecule has 92 valence electrons. The Morgan fingerprint density at radius 3 is 2.76 bits per heavy atom. The molecular weight excluding hydrogens is 212 g/mol. The summed E-state index contributed by atoms with van der Waals surface area (Å²) < 4.78 is 7.29. The van der Waals surface area contributed by atoms with Crippen molar-refractivity contribution in [2.24, 2.45) is 5.92 Å². The summed E-state index contributed by atoms with van der Waals surface area (Å²) in [5, 5.41) is 4.40. The highest BCUT2D eigenvalue weighted by Gasteiger charge is 2.55. The number of aryl methyl sites for hydroxylation is 1. The summed E-state index contributed by atoms with van der Waals surface area (Å²) in [5.74, 6) is 1.52. The highest BCUT2D eigenvalue weighted by Crippen LogP contribution is 2.54. The first-order valence-corrected chi connectivity index (χ1v) is 6.21. The smallest absolute Gasteiger partial charge is 0.115 e. The molecule has 0 amide bonds. The monoisotopic (exact) mass is 232 g/mol. The van der Waals surface area contributed by atoms with Crippen LogP contribution in [0, 0.1) is 12.8 Å². The standard InChI is InChI=1S/C12H14N2O.C2H6/c1-9-7-13-14(8-9)12-4-3-11(15-2)5-10(12)6-12;1-2/h3-5,7-8,10H,6H2,1-2H3;1-2H3. The summed E-state index contributed by atoms with van der Waals surface area (Å²) >= 11 is 0. The molecule has 1 heterocycles. The van der Waals surface area contributed by atoms with Gasteiger partial charge in [0.05, 0.1) is 18.8 Å². The second-order valence-corrected chi connectivity index (χ2v) is 4.37. The minimum Gasteiger partial charge on any atom is -0.497 e. The SMILES string of the molecule is CC.COC1=CC2CC2(n2cc(C)cn2)C=C1. The van der Waals surface area contributed by atoms with Gasteiger partial charge < -0.3 is 4.74 Å². The van der Waals surface area contributed by atoms with Crippen LogP contribution in [0.2, 0.25) is 0 Å². The number of aromatic nitrogens is 2. The Balaban J connectivity index is 0.000000514. The third kappa shape index (κ3) is 1.90. The van der Waals surface area contributed by atoms with Gasteiger partial charge in [-0.05, 0) is 31.1 Å². The van der Waals surface area contributed by atoms with Gasteiger partial charge in [0.25, 0.3) is 0 Å². The predicted octanol–water partition coefficient (Wildman–Crippen LogP) is 3.03. The maximum Gasteiger partial charge on any atom is 0.115 e. The van der Waals surface area contributed by atoms with Gasteiger partial charge in [-0.25, -0.2) is 0 Å². The second kappa shape index (κ2) is 4.40. The Bertz CT molecular complexity index is 459. The molecule has 1 fully saturated rings. The van der Waals surface area contributed by atoms with Crippen molar-refractivity contribution >= 4 is 0 Å². The fourth-order valence-corrected chi connectivity index (χ4v) is 2.28. The molecule has 3 rings (SSSR count). The number of rotatable bonds is 2. The van der Waals surface area contributed by atoms with E-state index < -0.39 is 0 Å². The number of ether oxygens (including phenoxy) is 1. The van der Waals surface area contributed by atoms with Crippen LogP contribution in [0.3, 0.4) is 0 Å². The summed E-state index contributed by atoms with van der Waals surface area (Å²) in [6.07, 6.45) is 11.6. The van der Waals surface area contributed by atoms with Crippen LogP contribution in [-0.4, -0.2) is 16.9 Å². The number of fused-ring (bicyclic) bond motifs is 1. The van der Waals surface area contributed by atoms with Crippen LogP contribution in [0.4, 0.5) is 0 Å². The molecule has 0 spiro atoms. The van der Waals surface area contributed by atoms with Gasteiger partial charge in [0.15, 0.2) is 0 Å². The van der Waals surface area contributed by atoms with Gasteiger partial charge in [-0.2, -0.15) is 5.10 Å². The lowest BCUT2D eigenvalue weighted by atomic mass is 10.1. The number of methoxy groups -OCH3 is 1. The van der Waals surface area contributed by atoms with E-state index in [-0.39, 0.29) is 5.54 Å². The Kier molecular flexibility index (Phi) is 3.09. The molecule has 0 saturated heterocycles. The van der Waals surface area contributed by atoms with Crippen molar-refractivity contribution in [1.29, 1.82) is 0 Å². The zero-order valence-corrected chi connectivity index (χ0v) is 11.0. The van der Waals surface area contributed by atoms with Gasteiger partial charge >= 0.3 is 0 Å². The largest absolute Gasteiger partial charge is 0.497 e. The van der Waals surface area contributed by atoms with Crippen molar-refractivity contribution in [2.45, 2.75) is 32.7 Å². The number of hydrogen-bond acceptors (Lipinski definition) is 2. The van der Waals surface area contributed by atoms with E-state index in [1.54, 1.807) is 7.11 Å². The molecule has 1 aromatic rings. The fourth-order valence-electron chi connectivity index (χ4n) is 2.28. The van der Waals surface area contributed by atoms with Crippen molar-refractivity contribution in [1.82, 2.24) is 9.78 Å². The van der Waals surface area contributed by atoms with E-state index in [1.807, 2.05) is 26.1 Å². The van der Waals surface area contributed by atoms with Gasteiger partial charge in [0, 0.05) is 12.1 Å². The third-order valence-electron chi connectivity index (χ3n) is 3.30. The quantitative estimate of drug-likeness (QED) is 0.783. The van der Waals surface area contributed by atoms with Crippen LogP contribution in [-0.2, 0) is 10.3 Å². The molecule has 2 unspecified atom stereocenters. The molecule has 0 aliphatic heterocycles. The first-order chi connectivity index (χ1) is 8.24. The minimum atomic E-state index is 0.107. The van der Waals surface area contributed by atoms with E-state index in [2.05, 4.69) is 35.1 Å². The Hall–Kier alpha value is -1.51. The third-order valence-corrected chi connectivity index (χ3v) is 3.30. The molecule has 0 radical (unpaired) electrons. The average Bonchev–Trinajstić information content (AvgIpc) is 2.96. The summed E-state index contributed by atoms with van der Waals surface area (Å²) in [6.45, 7) is 6.07. The first-order valence-electron chi connectivity index (χ1n) is 6.21. The van der Waals surface area contributed by atoms with Crippen molar-refractivity contribution in [3.63, 3.8) is 0 Å². The topological polar surface area (TPSA) is 27.1 Å². The molecule has 0 N–H and O–H groups in total. The summed E-state index contributed by atoms with van der Waals surface area (Å²) in [5.41, 5.74) is 1.32. The summed E-state index contributed by atoms with van der Waals surface area (Å²) in [7, 11) is 1.71. The predicted molar refractivity (Wildman–Crippen MR) is 68.6 cm³/mol. The zero-order chi connectivity index (χ0) is 12.5. The van der Waals surface area contributed by atoms with E-state index in [9.17, 15) is 0 Å². The molecule has 0 aromatic carbocycles. The van der Waals surface area contributed by atoms with Crippen LogP contribution in [0.5, 0.6) is 0 Å². The lowest BCUT2D eigenvalue weighted by molar-refractivity contribution is 0.300. The second-order valence-electron chi connectivity index (χ2n) is 4.37. The molecule has 2 atom stereocenters. The summed E-state index contributed by atoms with van der Waals surface area (Å²) in [4.78, 5) is 0. The molecule has 0 bridgehead atoms. The van der Waals surface area contributed by atoms with Gasteiger partial charge in [-0.15, -0.1) is 0 Å². The van der Waals surface area contributed by atoms with Crippen LogP contribution in [0.25, 0.3) is 0 Å². The van der Waals surface area contributed by atoms with Gasteiger partial charge in [-0.3, -0.25) is 4.68 Å². The highest BCUT2D eigenvalue weighted by atomic mass is 16.5. The highest BCUT2D eigenvalue weighted by molar-refractivity contribution is 5.35. The minimum absolute atomic E-state index is 0.107. The van der Waals surface area contributed by atoms with Crippen molar-refractivity contribution in [2.75, 3.05) is 7.11 Å². The van der Waals surface area contributed by atoms with Crippen LogP contribution >= 0.6 is 0 Å².